The van der Waals surface area contributed by atoms with Gasteiger partial charge in [0.15, 0.2) is 11.6 Å². The summed E-state index contributed by atoms with van der Waals surface area (Å²) in [6.45, 7) is 10.6. The summed E-state index contributed by atoms with van der Waals surface area (Å²) in [5.41, 5.74) is -1.35. The van der Waals surface area contributed by atoms with Crippen molar-refractivity contribution in [1.82, 2.24) is 10.6 Å². The molecule has 4 rings (SSSR count). The fourth-order valence-electron chi connectivity index (χ4n) is 6.24. The van der Waals surface area contributed by atoms with Crippen LogP contribution < -0.4 is 10.6 Å². The molecule has 2 aliphatic heterocycles. The lowest BCUT2D eigenvalue weighted by Gasteiger charge is -2.25. The van der Waals surface area contributed by atoms with Crippen LogP contribution in [0.1, 0.15) is 91.0 Å². The van der Waals surface area contributed by atoms with Crippen molar-refractivity contribution >= 4 is 52.7 Å². The maximum atomic E-state index is 14.4. The van der Waals surface area contributed by atoms with Crippen molar-refractivity contribution in [3.63, 3.8) is 0 Å². The molecule has 0 radical (unpaired) electrons. The number of carbonyl (C=O) groups excluding carboxylic acids is 6. The molecule has 0 aromatic heterocycles. The van der Waals surface area contributed by atoms with Gasteiger partial charge in [-0.25, -0.2) is 4.79 Å². The lowest BCUT2D eigenvalue weighted by Crippen LogP contribution is -2.42. The van der Waals surface area contributed by atoms with E-state index in [0.29, 0.717) is 17.3 Å². The Labute approximate surface area is 347 Å². The van der Waals surface area contributed by atoms with Crippen molar-refractivity contribution in [1.29, 1.82) is 0 Å². The van der Waals surface area contributed by atoms with Gasteiger partial charge in [0, 0.05) is 54.1 Å². The molecule has 0 fully saturated rings. The molecule has 1 aliphatic carbocycles. The number of aliphatic hydroxyl groups is 3. The monoisotopic (exact) mass is 832 g/mol. The van der Waals surface area contributed by atoms with Crippen LogP contribution in [0.15, 0.2) is 88.6 Å². The summed E-state index contributed by atoms with van der Waals surface area (Å²) in [5, 5.41) is 58.0. The Morgan fingerprint density at radius 3 is 2.15 bits per heavy atom. The molecule has 7 N–H and O–H groups in total. The van der Waals surface area contributed by atoms with E-state index in [1.165, 1.54) is 44.2 Å². The van der Waals surface area contributed by atoms with Gasteiger partial charge in [0.1, 0.15) is 17.5 Å². The lowest BCUT2D eigenvalue weighted by atomic mass is 9.83. The van der Waals surface area contributed by atoms with Gasteiger partial charge < -0.3 is 36.2 Å². The number of fused-ring (bicyclic) bond motifs is 18. The Kier molecular flexibility index (Phi) is 17.5. The molecule has 15 heteroatoms. The number of allylic oxidation sites excluding steroid dienone is 8. The number of carboxylic acids is 1. The van der Waals surface area contributed by atoms with Crippen molar-refractivity contribution in [3.05, 3.63) is 111 Å². The van der Waals surface area contributed by atoms with E-state index in [1.54, 1.807) is 58.1 Å². The largest absolute Gasteiger partial charge is 0.507 e. The topological polar surface area (TPSA) is 245 Å². The third kappa shape index (κ3) is 12.8. The summed E-state index contributed by atoms with van der Waals surface area (Å²) >= 11 is 0.556. The van der Waals surface area contributed by atoms with E-state index in [-0.39, 0.29) is 35.3 Å². The summed E-state index contributed by atoms with van der Waals surface area (Å²) in [5.74, 6) is -8.71. The fraction of sp³-hybridized carbons (Fsp3) is 0.386. The fourth-order valence-corrected chi connectivity index (χ4v) is 7.32. The summed E-state index contributed by atoms with van der Waals surface area (Å²) in [6, 6.07) is -0.315. The van der Waals surface area contributed by atoms with E-state index in [2.05, 4.69) is 10.6 Å². The number of benzene rings is 1. The van der Waals surface area contributed by atoms with Gasteiger partial charge in [0.05, 0.1) is 28.8 Å². The molecule has 0 spiro atoms. The number of rotatable bonds is 5. The van der Waals surface area contributed by atoms with Crippen LogP contribution in [0, 0.1) is 24.7 Å². The molecular formula is C44H52N2O12S. The van der Waals surface area contributed by atoms with Crippen molar-refractivity contribution in [2.24, 2.45) is 17.8 Å². The first-order valence-corrected chi connectivity index (χ1v) is 20.0. The van der Waals surface area contributed by atoms with Gasteiger partial charge in [-0.2, -0.15) is 0 Å². The zero-order valence-corrected chi connectivity index (χ0v) is 34.8. The molecule has 0 saturated heterocycles. The summed E-state index contributed by atoms with van der Waals surface area (Å²) in [7, 11) is 0. The second-order valence-electron chi connectivity index (χ2n) is 14.7. The maximum Gasteiger partial charge on any atom is 0.327 e. The zero-order valence-electron chi connectivity index (χ0n) is 34.0. The molecule has 59 heavy (non-hydrogen) atoms. The Hall–Kier alpha value is -5.48. The van der Waals surface area contributed by atoms with Gasteiger partial charge >= 0.3 is 5.97 Å². The number of aliphatic carboxylic acids is 1. The molecular weight excluding hydrogens is 781 g/mol. The Morgan fingerprint density at radius 1 is 0.847 bits per heavy atom. The van der Waals surface area contributed by atoms with Crippen LogP contribution in [0.5, 0.6) is 5.75 Å². The van der Waals surface area contributed by atoms with E-state index in [4.69, 9.17) is 0 Å². The molecule has 1 aromatic carbocycles. The number of thioether (sulfide) groups is 1. The number of nitrogens with one attached hydrogen (secondary N) is 2. The molecule has 2 heterocycles. The number of amides is 2. The highest BCUT2D eigenvalue weighted by Crippen LogP contribution is 2.40. The molecule has 3 aliphatic rings. The number of aromatic hydroxyl groups is 1. The average Bonchev–Trinajstić information content (AvgIpc) is 3.17. The van der Waals surface area contributed by atoms with E-state index < -0.39 is 110 Å². The maximum absolute atomic E-state index is 14.4. The molecule has 1 aromatic rings. The van der Waals surface area contributed by atoms with E-state index in [0.717, 1.165) is 13.0 Å². The van der Waals surface area contributed by atoms with E-state index in [1.807, 2.05) is 0 Å². The first-order valence-electron chi connectivity index (χ1n) is 19.0. The summed E-state index contributed by atoms with van der Waals surface area (Å²) in [4.78, 5) is 92.0. The van der Waals surface area contributed by atoms with Crippen molar-refractivity contribution in [2.45, 2.75) is 85.7 Å². The first kappa shape index (κ1) is 47.9. The van der Waals surface area contributed by atoms with Gasteiger partial charge in [-0.05, 0) is 50.0 Å². The second kappa shape index (κ2) is 21.5. The minimum absolute atomic E-state index is 0.00628. The Morgan fingerprint density at radius 2 is 1.51 bits per heavy atom. The molecule has 7 atom stereocenters. The predicted molar refractivity (Wildman–Crippen MR) is 223 cm³/mol. The number of aliphatic hydroxyl groups excluding tert-OH is 3. The highest BCUT2D eigenvalue weighted by molar-refractivity contribution is 8.04. The Balaban J connectivity index is 2.19. The van der Waals surface area contributed by atoms with Crippen molar-refractivity contribution in [2.75, 3.05) is 5.75 Å². The van der Waals surface area contributed by atoms with Crippen LogP contribution in [0.4, 0.5) is 0 Å². The van der Waals surface area contributed by atoms with Gasteiger partial charge in [0.2, 0.25) is 23.4 Å². The quantitative estimate of drug-likeness (QED) is 0.204. The second-order valence-corrected chi connectivity index (χ2v) is 15.8. The third-order valence-electron chi connectivity index (χ3n) is 9.86. The summed E-state index contributed by atoms with van der Waals surface area (Å²) < 4.78 is 0. The Bertz CT molecular complexity index is 2090. The van der Waals surface area contributed by atoms with Crippen LogP contribution in [-0.4, -0.2) is 96.6 Å². The number of carboxylic acid groups (broad SMARTS) is 1. The molecule has 1 unspecified atom stereocenters. The van der Waals surface area contributed by atoms with Gasteiger partial charge in [-0.3, -0.25) is 28.8 Å². The average molecular weight is 833 g/mol. The minimum atomic E-state index is -1.52. The van der Waals surface area contributed by atoms with E-state index in [9.17, 15) is 59.1 Å². The molecule has 0 saturated carbocycles. The molecule has 316 valence electrons. The SMILES string of the molecule is CC(=O)NC(CSC1=C2NC(=O)\C=C/C=C/C=C\[C@H](C)[C@@H](O)CC(=O)/C(C)=C/C[C@H](O)/C=C/[C@H](C)[C@H](O)[C@@H](C)/C=C(\C)C(=O)c3c(O)c(C)cc(c3C1=O)C2=O)C(=O)O. The van der Waals surface area contributed by atoms with Crippen LogP contribution in [0.25, 0.3) is 0 Å². The highest BCUT2D eigenvalue weighted by atomic mass is 32.2. The number of hydrogen-bond acceptors (Lipinski definition) is 12. The molecule has 4 bridgehead atoms. The van der Waals surface area contributed by atoms with Gasteiger partial charge in [-0.15, -0.1) is 11.8 Å². The number of phenols is 1. The number of aryl methyl sites for hydroxylation is 1. The smallest absolute Gasteiger partial charge is 0.327 e. The number of hydrogen-bond donors (Lipinski definition) is 7. The van der Waals surface area contributed by atoms with E-state index >= 15 is 0 Å². The number of phenolic OH excluding ortho intramolecular Hbond substituents is 1. The van der Waals surface area contributed by atoms with Crippen LogP contribution >= 0.6 is 11.8 Å². The van der Waals surface area contributed by atoms with Gasteiger partial charge in [-0.1, -0.05) is 75.5 Å². The number of Topliss-reactive ketones (excluding diaryl/α,β-unsaturated/α-hetero) is 4. The van der Waals surface area contributed by atoms with Crippen LogP contribution in [0.2, 0.25) is 0 Å². The summed E-state index contributed by atoms with van der Waals surface area (Å²) in [6.07, 6.45) is 11.6. The minimum Gasteiger partial charge on any atom is -0.507 e. The third-order valence-corrected chi connectivity index (χ3v) is 11.0. The van der Waals surface area contributed by atoms with Crippen molar-refractivity contribution in [3.8, 4) is 5.75 Å². The highest BCUT2D eigenvalue weighted by Gasteiger charge is 2.39. The molecule has 14 nitrogen and oxygen atoms in total. The zero-order chi connectivity index (χ0) is 44.3. The number of ketones is 4. The standard InChI is InChI=1S/C44H52N2O12S/c1-22-12-10-8-9-11-13-34(51)46-37-41(55)30-19-27(6)40(54)36(35(30)42(56)43(37)59-21-31(44(57)58)45-28(7)47)39(53)26(5)18-25(4)38(52)24(3)15-17-29(48)16-14-23(2)33(50)20-32(22)49/h8-15,17-19,22,24-25,29,31-32,38,48-49,52,54H,16,20-21H2,1-7H3,(H,45,47)(H,46,51)(H,57,58)/b9-8+,12-10-,13-11-,17-15+,23-14+,26-18+/t22-,24-,25-,29-,31?,32-,38-/m0/s1. The first-order chi connectivity index (χ1) is 27.7. The number of carbonyl (C=O) groups is 7. The lowest BCUT2D eigenvalue weighted by molar-refractivity contribution is -0.140. The van der Waals surface area contributed by atoms with Crippen LogP contribution in [-0.2, 0) is 19.2 Å². The normalized spacial score (nSPS) is 28.7. The van der Waals surface area contributed by atoms with Crippen molar-refractivity contribution < 1.29 is 59.1 Å². The predicted octanol–water partition coefficient (Wildman–Crippen LogP) is 4.38. The molecule has 2 amide bonds. The van der Waals surface area contributed by atoms with Crippen LogP contribution in [0.3, 0.4) is 0 Å². The van der Waals surface area contributed by atoms with Gasteiger partial charge in [0.25, 0.3) is 0 Å².